The maximum Gasteiger partial charge on any atom is 0.433 e. The van der Waals surface area contributed by atoms with Crippen LogP contribution in [-0.4, -0.2) is 33.3 Å². The molecule has 11 heteroatoms. The number of alkyl halides is 3. The van der Waals surface area contributed by atoms with Gasteiger partial charge in [0.15, 0.2) is 11.4 Å². The molecule has 0 bridgehead atoms. The lowest BCUT2D eigenvalue weighted by Crippen LogP contribution is -2.13. The fraction of sp³-hybridized carbons (Fsp3) is 0.200. The molecule has 0 radical (unpaired) electrons. The van der Waals surface area contributed by atoms with Crippen molar-refractivity contribution in [2.24, 2.45) is 0 Å². The second kappa shape index (κ2) is 9.13. The summed E-state index contributed by atoms with van der Waals surface area (Å²) in [4.78, 5) is 26.9. The van der Waals surface area contributed by atoms with E-state index in [2.05, 4.69) is 10.1 Å². The number of para-hydroxylation sites is 1. The van der Waals surface area contributed by atoms with E-state index in [4.69, 9.17) is 9.47 Å². The smallest absolute Gasteiger partial charge is 0.433 e. The van der Waals surface area contributed by atoms with Crippen LogP contribution in [0.1, 0.15) is 41.3 Å². The molecule has 2 heterocycles. The standard InChI is InChI=1S/C20H16F3N3O4S/c1-3-29-18(28)15-11-31-19(24-15)26-17(20(21,22)23)10-14(25-26)9-8-13-6-4-5-7-16(13)30-12(2)27/h4-11H,3H2,1-2H3. The minimum atomic E-state index is -4.70. The van der Waals surface area contributed by atoms with Crippen molar-refractivity contribution >= 4 is 35.4 Å². The molecule has 0 aliphatic carbocycles. The molecular weight excluding hydrogens is 435 g/mol. The highest BCUT2D eigenvalue weighted by Crippen LogP contribution is 2.33. The highest BCUT2D eigenvalue weighted by atomic mass is 32.1. The van der Waals surface area contributed by atoms with Gasteiger partial charge in [0.2, 0.25) is 5.13 Å². The number of carbonyl (C=O) groups excluding carboxylic acids is 2. The molecule has 0 aliphatic rings. The number of hydrogen-bond acceptors (Lipinski definition) is 7. The summed E-state index contributed by atoms with van der Waals surface area (Å²) < 4.78 is 51.2. The number of aromatic nitrogens is 3. The molecule has 2 aromatic heterocycles. The van der Waals surface area contributed by atoms with Crippen molar-refractivity contribution in [1.82, 2.24) is 14.8 Å². The molecule has 3 aromatic rings. The number of rotatable bonds is 6. The number of halogens is 3. The van der Waals surface area contributed by atoms with Crippen molar-refractivity contribution in [3.05, 3.63) is 58.4 Å². The van der Waals surface area contributed by atoms with E-state index in [0.717, 1.165) is 17.4 Å². The Hall–Kier alpha value is -3.47. The Kier molecular flexibility index (Phi) is 6.54. The number of nitrogens with zero attached hydrogens (tertiary/aromatic N) is 3. The molecule has 7 nitrogen and oxygen atoms in total. The Labute approximate surface area is 178 Å². The number of esters is 2. The van der Waals surface area contributed by atoms with Crippen LogP contribution < -0.4 is 4.74 Å². The Morgan fingerprint density at radius 2 is 1.97 bits per heavy atom. The van der Waals surface area contributed by atoms with Crippen LogP contribution in [0.3, 0.4) is 0 Å². The third-order valence-electron chi connectivity index (χ3n) is 3.78. The van der Waals surface area contributed by atoms with Crippen LogP contribution in [0.25, 0.3) is 17.3 Å². The number of thiazole rings is 1. The summed E-state index contributed by atoms with van der Waals surface area (Å²) in [6.45, 7) is 2.97. The van der Waals surface area contributed by atoms with E-state index in [-0.39, 0.29) is 28.9 Å². The quantitative estimate of drug-likeness (QED) is 0.402. The Morgan fingerprint density at radius 3 is 2.65 bits per heavy atom. The fourth-order valence-corrected chi connectivity index (χ4v) is 3.29. The van der Waals surface area contributed by atoms with E-state index in [1.165, 1.54) is 24.5 Å². The average Bonchev–Trinajstić information content (AvgIpc) is 3.34. The molecule has 0 aliphatic heterocycles. The number of ether oxygens (including phenoxy) is 2. The SMILES string of the molecule is CCOC(=O)c1csc(-n2nc(C=Cc3ccccc3OC(C)=O)cc2C(F)(F)F)n1. The van der Waals surface area contributed by atoms with E-state index in [1.54, 1.807) is 31.2 Å². The predicted molar refractivity (Wildman–Crippen MR) is 107 cm³/mol. The van der Waals surface area contributed by atoms with Gasteiger partial charge in [-0.3, -0.25) is 4.79 Å². The zero-order valence-electron chi connectivity index (χ0n) is 16.3. The largest absolute Gasteiger partial charge is 0.461 e. The second-order valence-corrected chi connectivity index (χ2v) is 6.90. The lowest BCUT2D eigenvalue weighted by Gasteiger charge is -2.06. The van der Waals surface area contributed by atoms with Crippen LogP contribution in [0.15, 0.2) is 35.7 Å². The van der Waals surface area contributed by atoms with Crippen molar-refractivity contribution in [2.75, 3.05) is 6.61 Å². The third-order valence-corrected chi connectivity index (χ3v) is 4.60. The van der Waals surface area contributed by atoms with Gasteiger partial charge >= 0.3 is 18.1 Å². The van der Waals surface area contributed by atoms with Crippen molar-refractivity contribution in [3.8, 4) is 10.9 Å². The molecule has 0 saturated heterocycles. The molecule has 1 aromatic carbocycles. The van der Waals surface area contributed by atoms with Gasteiger partial charge in [-0.1, -0.05) is 18.2 Å². The summed E-state index contributed by atoms with van der Waals surface area (Å²) in [6.07, 6.45) is -1.87. The van der Waals surface area contributed by atoms with Crippen molar-refractivity contribution in [2.45, 2.75) is 20.0 Å². The van der Waals surface area contributed by atoms with Gasteiger partial charge in [0.1, 0.15) is 5.75 Å². The average molecular weight is 451 g/mol. The summed E-state index contributed by atoms with van der Waals surface area (Å²) >= 11 is 0.831. The molecule has 0 amide bonds. The molecule has 31 heavy (non-hydrogen) atoms. The van der Waals surface area contributed by atoms with Crippen LogP contribution in [0.2, 0.25) is 0 Å². The Bertz CT molecular complexity index is 1130. The second-order valence-electron chi connectivity index (χ2n) is 6.06. The van der Waals surface area contributed by atoms with Crippen LogP contribution in [0.5, 0.6) is 5.75 Å². The maximum absolute atomic E-state index is 13.5. The van der Waals surface area contributed by atoms with Crippen LogP contribution in [0, 0.1) is 0 Å². The molecule has 162 valence electrons. The topological polar surface area (TPSA) is 83.3 Å². The summed E-state index contributed by atoms with van der Waals surface area (Å²) in [5.74, 6) is -0.987. The third kappa shape index (κ3) is 5.37. The zero-order valence-corrected chi connectivity index (χ0v) is 17.2. The van der Waals surface area contributed by atoms with Gasteiger partial charge in [0.25, 0.3) is 0 Å². The summed E-state index contributed by atoms with van der Waals surface area (Å²) in [5.41, 5.74) is -0.666. The van der Waals surface area contributed by atoms with Gasteiger partial charge in [-0.15, -0.1) is 11.3 Å². The maximum atomic E-state index is 13.5. The van der Waals surface area contributed by atoms with Gasteiger partial charge in [-0.25, -0.2) is 14.5 Å². The molecule has 3 rings (SSSR count). The summed E-state index contributed by atoms with van der Waals surface area (Å²) in [6, 6.07) is 7.42. The highest BCUT2D eigenvalue weighted by molar-refractivity contribution is 7.12. The normalized spacial score (nSPS) is 11.6. The van der Waals surface area contributed by atoms with Gasteiger partial charge in [-0.2, -0.15) is 18.3 Å². The van der Waals surface area contributed by atoms with E-state index < -0.39 is 23.8 Å². The molecule has 0 atom stereocenters. The fourth-order valence-electron chi connectivity index (χ4n) is 2.53. The van der Waals surface area contributed by atoms with Crippen molar-refractivity contribution in [1.29, 1.82) is 0 Å². The first-order chi connectivity index (χ1) is 14.7. The van der Waals surface area contributed by atoms with Gasteiger partial charge in [0.05, 0.1) is 12.3 Å². The summed E-state index contributed by atoms with van der Waals surface area (Å²) in [7, 11) is 0. The van der Waals surface area contributed by atoms with E-state index in [9.17, 15) is 22.8 Å². The monoisotopic (exact) mass is 451 g/mol. The van der Waals surface area contributed by atoms with Gasteiger partial charge < -0.3 is 9.47 Å². The molecule has 0 N–H and O–H groups in total. The van der Waals surface area contributed by atoms with Crippen LogP contribution in [-0.2, 0) is 15.7 Å². The van der Waals surface area contributed by atoms with E-state index in [1.807, 2.05) is 0 Å². The molecular formula is C20H16F3N3O4S. The molecule has 0 unspecified atom stereocenters. The van der Waals surface area contributed by atoms with Crippen LogP contribution >= 0.6 is 11.3 Å². The Balaban J connectivity index is 1.96. The zero-order chi connectivity index (χ0) is 22.6. The highest BCUT2D eigenvalue weighted by Gasteiger charge is 2.37. The number of benzene rings is 1. The first kappa shape index (κ1) is 22.2. The minimum absolute atomic E-state index is 0.00200. The number of hydrogen-bond donors (Lipinski definition) is 0. The summed E-state index contributed by atoms with van der Waals surface area (Å²) in [5, 5.41) is 5.15. The lowest BCUT2D eigenvalue weighted by molar-refractivity contribution is -0.142. The van der Waals surface area contributed by atoms with E-state index in [0.29, 0.717) is 10.2 Å². The lowest BCUT2D eigenvalue weighted by atomic mass is 10.1. The van der Waals surface area contributed by atoms with Gasteiger partial charge in [-0.05, 0) is 31.2 Å². The molecule has 0 fully saturated rings. The van der Waals surface area contributed by atoms with Crippen molar-refractivity contribution < 1.29 is 32.2 Å². The first-order valence-electron chi connectivity index (χ1n) is 8.95. The molecule has 0 saturated carbocycles. The minimum Gasteiger partial charge on any atom is -0.461 e. The van der Waals surface area contributed by atoms with E-state index >= 15 is 0 Å². The van der Waals surface area contributed by atoms with Crippen molar-refractivity contribution in [3.63, 3.8) is 0 Å². The molecule has 0 spiro atoms. The first-order valence-corrected chi connectivity index (χ1v) is 9.82. The Morgan fingerprint density at radius 1 is 1.23 bits per heavy atom. The van der Waals surface area contributed by atoms with Crippen LogP contribution in [0.4, 0.5) is 13.2 Å². The van der Waals surface area contributed by atoms with Gasteiger partial charge in [0, 0.05) is 17.9 Å². The number of carbonyl (C=O) groups is 2. The predicted octanol–water partition coefficient (Wildman–Crippen LogP) is 4.62.